The highest BCUT2D eigenvalue weighted by Crippen LogP contribution is 2.13. The molecule has 118 valence electrons. The molecule has 0 aromatic rings. The first kappa shape index (κ1) is 18.9. The average molecular weight is 287 g/mol. The first-order valence-corrected chi connectivity index (χ1v) is 7.06. The van der Waals surface area contributed by atoms with E-state index in [0.717, 1.165) is 0 Å². The maximum atomic E-state index is 11.1. The Hall–Kier alpha value is -1.14. The zero-order valence-electron chi connectivity index (χ0n) is 13.3. The molecule has 0 saturated heterocycles. The Morgan fingerprint density at radius 1 is 1.20 bits per heavy atom. The van der Waals surface area contributed by atoms with Crippen molar-refractivity contribution >= 4 is 11.8 Å². The molecule has 4 N–H and O–H groups in total. The molecule has 6 nitrogen and oxygen atoms in total. The van der Waals surface area contributed by atoms with Gasteiger partial charge < -0.3 is 21.1 Å². The zero-order valence-corrected chi connectivity index (χ0v) is 13.3. The number of carbonyl (C=O) groups excluding carboxylic acids is 2. The fraction of sp³-hybridized carbons (Fsp3) is 0.857. The largest absolute Gasteiger partial charge is 0.361 e. The van der Waals surface area contributed by atoms with E-state index in [2.05, 4.69) is 10.6 Å². The van der Waals surface area contributed by atoms with E-state index >= 15 is 0 Å². The van der Waals surface area contributed by atoms with Gasteiger partial charge in [0.05, 0.1) is 6.61 Å². The van der Waals surface area contributed by atoms with Gasteiger partial charge in [0.1, 0.15) is 5.72 Å². The summed E-state index contributed by atoms with van der Waals surface area (Å²) in [5.41, 5.74) is 4.91. The van der Waals surface area contributed by atoms with Crippen LogP contribution >= 0.6 is 0 Å². The van der Waals surface area contributed by atoms with Crippen molar-refractivity contribution in [2.45, 2.75) is 65.1 Å². The van der Waals surface area contributed by atoms with Crippen molar-refractivity contribution in [2.24, 2.45) is 5.73 Å². The molecule has 0 aliphatic heterocycles. The lowest BCUT2D eigenvalue weighted by atomic mass is 10.0. The number of hydrogen-bond donors (Lipinski definition) is 3. The number of nitrogens with one attached hydrogen (secondary N) is 2. The van der Waals surface area contributed by atoms with Gasteiger partial charge in [-0.15, -0.1) is 0 Å². The molecular weight excluding hydrogens is 258 g/mol. The van der Waals surface area contributed by atoms with Gasteiger partial charge in [0.25, 0.3) is 0 Å². The number of hydrogen-bond acceptors (Lipinski definition) is 4. The minimum absolute atomic E-state index is 0.00703. The molecule has 0 aromatic carbocycles. The lowest BCUT2D eigenvalue weighted by molar-refractivity contribution is -0.121. The second kappa shape index (κ2) is 8.21. The van der Waals surface area contributed by atoms with Crippen molar-refractivity contribution in [3.8, 4) is 0 Å². The third-order valence-electron chi connectivity index (χ3n) is 2.94. The summed E-state index contributed by atoms with van der Waals surface area (Å²) in [7, 11) is 0. The predicted molar refractivity (Wildman–Crippen MR) is 79.0 cm³/mol. The average Bonchev–Trinajstić information content (AvgIpc) is 2.25. The van der Waals surface area contributed by atoms with Gasteiger partial charge in [-0.1, -0.05) is 6.92 Å². The lowest BCUT2D eigenvalue weighted by Gasteiger charge is -2.29. The molecule has 2 amide bonds. The highest BCUT2D eigenvalue weighted by molar-refractivity contribution is 5.75. The normalized spacial score (nSPS) is 14.5. The second-order valence-corrected chi connectivity index (χ2v) is 5.93. The molecule has 0 spiro atoms. The van der Waals surface area contributed by atoms with Crippen LogP contribution in [0.25, 0.3) is 0 Å². The molecule has 0 fully saturated rings. The van der Waals surface area contributed by atoms with Gasteiger partial charge in [-0.3, -0.25) is 9.59 Å². The van der Waals surface area contributed by atoms with Crippen molar-refractivity contribution in [3.05, 3.63) is 0 Å². The molecule has 0 aromatic heterocycles. The monoisotopic (exact) mass is 287 g/mol. The Labute approximate surface area is 121 Å². The summed E-state index contributed by atoms with van der Waals surface area (Å²) in [4.78, 5) is 22.1. The molecule has 20 heavy (non-hydrogen) atoms. The standard InChI is InChI=1S/C14H29N3O3/c1-6-12(19)16-9-7-14(5,15)20-10-8-13(3,4)17-11(2)18/h6-10,15H2,1-5H3,(H,16,19)(H,17,18). The van der Waals surface area contributed by atoms with Crippen molar-refractivity contribution in [1.82, 2.24) is 10.6 Å². The van der Waals surface area contributed by atoms with Gasteiger partial charge in [0.15, 0.2) is 0 Å². The number of ether oxygens (including phenoxy) is 1. The Bertz CT molecular complexity index is 328. The molecule has 0 saturated carbocycles. The smallest absolute Gasteiger partial charge is 0.219 e. The molecule has 0 aliphatic rings. The van der Waals surface area contributed by atoms with Crippen LogP contribution in [0.4, 0.5) is 0 Å². The third kappa shape index (κ3) is 9.75. The fourth-order valence-corrected chi connectivity index (χ4v) is 1.73. The van der Waals surface area contributed by atoms with E-state index in [9.17, 15) is 9.59 Å². The van der Waals surface area contributed by atoms with Gasteiger partial charge in [-0.05, 0) is 27.2 Å². The quantitative estimate of drug-likeness (QED) is 0.549. The van der Waals surface area contributed by atoms with Crippen LogP contribution < -0.4 is 16.4 Å². The molecule has 0 bridgehead atoms. The van der Waals surface area contributed by atoms with E-state index in [-0.39, 0.29) is 17.4 Å². The zero-order chi connectivity index (χ0) is 15.8. The van der Waals surface area contributed by atoms with Crippen LogP contribution in [-0.2, 0) is 14.3 Å². The SMILES string of the molecule is CCC(=O)NCCC(C)(N)OCCC(C)(C)NC(C)=O. The number of amides is 2. The Kier molecular flexibility index (Phi) is 7.75. The molecule has 6 heteroatoms. The molecule has 1 atom stereocenters. The first-order chi connectivity index (χ1) is 9.08. The van der Waals surface area contributed by atoms with Crippen molar-refractivity contribution < 1.29 is 14.3 Å². The highest BCUT2D eigenvalue weighted by atomic mass is 16.5. The molecule has 0 rings (SSSR count). The Balaban J connectivity index is 3.97. The van der Waals surface area contributed by atoms with E-state index in [1.807, 2.05) is 13.8 Å². The van der Waals surface area contributed by atoms with Crippen molar-refractivity contribution in [1.29, 1.82) is 0 Å². The molecule has 0 radical (unpaired) electrons. The fourth-order valence-electron chi connectivity index (χ4n) is 1.73. The van der Waals surface area contributed by atoms with Crippen LogP contribution in [0.3, 0.4) is 0 Å². The summed E-state index contributed by atoms with van der Waals surface area (Å²) in [5.74, 6) is -0.0552. The van der Waals surface area contributed by atoms with Gasteiger partial charge in [0.2, 0.25) is 11.8 Å². The van der Waals surface area contributed by atoms with E-state index in [1.165, 1.54) is 6.92 Å². The number of nitrogens with two attached hydrogens (primary N) is 1. The number of rotatable bonds is 9. The van der Waals surface area contributed by atoms with Gasteiger partial charge >= 0.3 is 0 Å². The first-order valence-electron chi connectivity index (χ1n) is 7.06. The third-order valence-corrected chi connectivity index (χ3v) is 2.94. The van der Waals surface area contributed by atoms with E-state index in [0.29, 0.717) is 32.4 Å². The van der Waals surface area contributed by atoms with E-state index < -0.39 is 5.72 Å². The highest BCUT2D eigenvalue weighted by Gasteiger charge is 2.23. The van der Waals surface area contributed by atoms with E-state index in [4.69, 9.17) is 10.5 Å². The van der Waals surface area contributed by atoms with Crippen LogP contribution in [0.15, 0.2) is 0 Å². The minimum atomic E-state index is -0.784. The summed E-state index contributed by atoms with van der Waals surface area (Å²) in [6, 6.07) is 0. The minimum Gasteiger partial charge on any atom is -0.361 e. The van der Waals surface area contributed by atoms with Crippen molar-refractivity contribution in [3.63, 3.8) is 0 Å². The van der Waals surface area contributed by atoms with Crippen LogP contribution in [0.5, 0.6) is 0 Å². The summed E-state index contributed by atoms with van der Waals surface area (Å²) >= 11 is 0. The summed E-state index contributed by atoms with van der Waals surface area (Å²) in [5, 5.41) is 5.62. The molecular formula is C14H29N3O3. The maximum absolute atomic E-state index is 11.1. The van der Waals surface area contributed by atoms with Crippen molar-refractivity contribution in [2.75, 3.05) is 13.2 Å². The summed E-state index contributed by atoms with van der Waals surface area (Å²) in [6.45, 7) is 9.90. The number of carbonyl (C=O) groups is 2. The second-order valence-electron chi connectivity index (χ2n) is 5.93. The maximum Gasteiger partial charge on any atom is 0.219 e. The van der Waals surface area contributed by atoms with E-state index in [1.54, 1.807) is 13.8 Å². The molecule has 0 aliphatic carbocycles. The van der Waals surface area contributed by atoms with Crippen LogP contribution in [-0.4, -0.2) is 36.2 Å². The van der Waals surface area contributed by atoms with Crippen LogP contribution in [0.1, 0.15) is 53.9 Å². The van der Waals surface area contributed by atoms with Gasteiger partial charge in [0, 0.05) is 31.8 Å². The summed E-state index contributed by atoms with van der Waals surface area (Å²) < 4.78 is 5.64. The topological polar surface area (TPSA) is 93.5 Å². The van der Waals surface area contributed by atoms with Crippen LogP contribution in [0, 0.1) is 0 Å². The predicted octanol–water partition coefficient (Wildman–Crippen LogP) is 0.899. The van der Waals surface area contributed by atoms with Crippen LogP contribution in [0.2, 0.25) is 0 Å². The Morgan fingerprint density at radius 2 is 1.80 bits per heavy atom. The molecule has 1 unspecified atom stereocenters. The summed E-state index contributed by atoms with van der Waals surface area (Å²) in [6.07, 6.45) is 1.67. The molecule has 0 heterocycles. The van der Waals surface area contributed by atoms with Gasteiger partial charge in [-0.2, -0.15) is 0 Å². The Morgan fingerprint density at radius 3 is 2.30 bits per heavy atom. The lowest BCUT2D eigenvalue weighted by Crippen LogP contribution is -2.46. The van der Waals surface area contributed by atoms with Gasteiger partial charge in [-0.25, -0.2) is 0 Å².